The van der Waals surface area contributed by atoms with Crippen LogP contribution in [0.25, 0.3) is 10.9 Å². The molecular weight excluding hydrogens is 176 g/mol. The van der Waals surface area contributed by atoms with Gasteiger partial charge in [0.15, 0.2) is 0 Å². The van der Waals surface area contributed by atoms with Crippen LogP contribution in [0.1, 0.15) is 18.5 Å². The normalized spacial score (nSPS) is 13.0. The summed E-state index contributed by atoms with van der Waals surface area (Å²) in [6.45, 7) is 1.88. The molecule has 3 heteroatoms. The van der Waals surface area contributed by atoms with Gasteiger partial charge in [-0.25, -0.2) is 0 Å². The number of aromatic amines is 1. The highest BCUT2D eigenvalue weighted by Gasteiger charge is 2.05. The summed E-state index contributed by atoms with van der Waals surface area (Å²) in [7, 11) is 0. The summed E-state index contributed by atoms with van der Waals surface area (Å²) in [6, 6.07) is 9.11. The van der Waals surface area contributed by atoms with Gasteiger partial charge in [-0.05, 0) is 18.6 Å². The highest BCUT2D eigenvalue weighted by molar-refractivity contribution is 5.82. The summed E-state index contributed by atoms with van der Waals surface area (Å²) in [6.07, 6.45) is 0. The van der Waals surface area contributed by atoms with Crippen molar-refractivity contribution in [2.45, 2.75) is 13.0 Å². The predicted molar refractivity (Wildman–Crippen MR) is 57.2 cm³/mol. The molecule has 1 heterocycles. The third-order valence-electron chi connectivity index (χ3n) is 2.27. The number of para-hydroxylation sites is 1. The second-order valence-electron chi connectivity index (χ2n) is 3.42. The van der Waals surface area contributed by atoms with Crippen LogP contribution in [0.4, 0.5) is 0 Å². The van der Waals surface area contributed by atoms with Gasteiger partial charge in [0.05, 0.1) is 0 Å². The monoisotopic (exact) mass is 188 g/mol. The molecular formula is C11H12N2O. The topological polar surface area (TPSA) is 58.9 Å². The Labute approximate surface area is 81.6 Å². The molecule has 0 fully saturated rings. The van der Waals surface area contributed by atoms with Crippen LogP contribution in [-0.2, 0) is 0 Å². The molecule has 2 aromatic rings. The molecule has 2 rings (SSSR count). The molecule has 14 heavy (non-hydrogen) atoms. The van der Waals surface area contributed by atoms with Crippen LogP contribution >= 0.6 is 0 Å². The first-order valence-corrected chi connectivity index (χ1v) is 4.56. The van der Waals surface area contributed by atoms with Gasteiger partial charge in [-0.3, -0.25) is 4.79 Å². The van der Waals surface area contributed by atoms with Crippen molar-refractivity contribution < 1.29 is 0 Å². The number of benzene rings is 1. The van der Waals surface area contributed by atoms with Crippen molar-refractivity contribution in [1.29, 1.82) is 0 Å². The quantitative estimate of drug-likeness (QED) is 0.713. The lowest BCUT2D eigenvalue weighted by Crippen LogP contribution is -2.12. The van der Waals surface area contributed by atoms with Crippen LogP contribution in [0.5, 0.6) is 0 Å². The molecule has 0 radical (unpaired) electrons. The average Bonchev–Trinajstić information content (AvgIpc) is 2.16. The van der Waals surface area contributed by atoms with Gasteiger partial charge >= 0.3 is 0 Å². The van der Waals surface area contributed by atoms with Gasteiger partial charge in [0.1, 0.15) is 0 Å². The molecule has 1 atom stereocenters. The minimum Gasteiger partial charge on any atom is -0.324 e. The first-order chi connectivity index (χ1) is 6.68. The molecule has 1 unspecified atom stereocenters. The van der Waals surface area contributed by atoms with E-state index in [0.717, 1.165) is 16.5 Å². The Morgan fingerprint density at radius 3 is 2.79 bits per heavy atom. The Hall–Kier alpha value is -1.61. The number of nitrogens with two attached hydrogens (primary N) is 1. The summed E-state index contributed by atoms with van der Waals surface area (Å²) >= 11 is 0. The molecule has 1 aromatic heterocycles. The van der Waals surface area contributed by atoms with Crippen molar-refractivity contribution in [2.24, 2.45) is 5.73 Å². The van der Waals surface area contributed by atoms with Gasteiger partial charge in [0, 0.05) is 23.0 Å². The van der Waals surface area contributed by atoms with Crippen LogP contribution in [-0.4, -0.2) is 4.98 Å². The molecule has 3 nitrogen and oxygen atoms in total. The first-order valence-electron chi connectivity index (χ1n) is 4.56. The van der Waals surface area contributed by atoms with Gasteiger partial charge in [0.2, 0.25) is 5.56 Å². The molecule has 0 bridgehead atoms. The number of H-pyrrole nitrogens is 1. The smallest absolute Gasteiger partial charge is 0.248 e. The molecule has 0 saturated heterocycles. The Morgan fingerprint density at radius 2 is 2.07 bits per heavy atom. The second-order valence-corrected chi connectivity index (χ2v) is 3.42. The van der Waals surface area contributed by atoms with Gasteiger partial charge in [-0.15, -0.1) is 0 Å². The lowest BCUT2D eigenvalue weighted by Gasteiger charge is -2.08. The second kappa shape index (κ2) is 3.27. The molecule has 0 spiro atoms. The van der Waals surface area contributed by atoms with E-state index in [1.54, 1.807) is 6.07 Å². The summed E-state index contributed by atoms with van der Waals surface area (Å²) in [5, 5.41) is 1.02. The van der Waals surface area contributed by atoms with E-state index in [-0.39, 0.29) is 11.6 Å². The van der Waals surface area contributed by atoms with Gasteiger partial charge < -0.3 is 10.7 Å². The van der Waals surface area contributed by atoms with Crippen molar-refractivity contribution >= 4 is 10.9 Å². The van der Waals surface area contributed by atoms with Crippen LogP contribution in [0.2, 0.25) is 0 Å². The standard InChI is InChI=1S/C11H12N2O/c1-7(12)9-6-11(14)13-10-5-3-2-4-8(9)10/h2-7H,12H2,1H3,(H,13,14). The fourth-order valence-electron chi connectivity index (χ4n) is 1.61. The third kappa shape index (κ3) is 1.42. The maximum Gasteiger partial charge on any atom is 0.248 e. The summed E-state index contributed by atoms with van der Waals surface area (Å²) in [5.74, 6) is 0. The average molecular weight is 188 g/mol. The van der Waals surface area contributed by atoms with Gasteiger partial charge in [-0.1, -0.05) is 18.2 Å². The summed E-state index contributed by atoms with van der Waals surface area (Å²) in [4.78, 5) is 14.1. The minimum atomic E-state index is -0.123. The van der Waals surface area contributed by atoms with Crippen molar-refractivity contribution in [3.05, 3.63) is 46.2 Å². The van der Waals surface area contributed by atoms with E-state index in [4.69, 9.17) is 5.73 Å². The number of hydrogen-bond acceptors (Lipinski definition) is 2. The predicted octanol–water partition coefficient (Wildman–Crippen LogP) is 1.55. The first kappa shape index (κ1) is 8.97. The molecule has 72 valence electrons. The van der Waals surface area contributed by atoms with E-state index < -0.39 is 0 Å². The number of nitrogens with one attached hydrogen (secondary N) is 1. The zero-order valence-electron chi connectivity index (χ0n) is 7.95. The van der Waals surface area contributed by atoms with E-state index in [1.165, 1.54) is 0 Å². The van der Waals surface area contributed by atoms with Crippen LogP contribution in [0.15, 0.2) is 35.1 Å². The van der Waals surface area contributed by atoms with Crippen molar-refractivity contribution in [2.75, 3.05) is 0 Å². The Bertz CT molecular complexity index is 514. The SMILES string of the molecule is CC(N)c1cc(=O)[nH]c2ccccc12. The van der Waals surface area contributed by atoms with Crippen molar-refractivity contribution in [3.63, 3.8) is 0 Å². The molecule has 0 aliphatic carbocycles. The Balaban J connectivity index is 2.87. The van der Waals surface area contributed by atoms with E-state index in [1.807, 2.05) is 31.2 Å². The minimum absolute atomic E-state index is 0.101. The number of fused-ring (bicyclic) bond motifs is 1. The van der Waals surface area contributed by atoms with Crippen molar-refractivity contribution in [3.8, 4) is 0 Å². The molecule has 0 aliphatic heterocycles. The zero-order chi connectivity index (χ0) is 10.1. The van der Waals surface area contributed by atoms with Crippen LogP contribution in [0, 0.1) is 0 Å². The molecule has 0 amide bonds. The summed E-state index contributed by atoms with van der Waals surface area (Å²) in [5.41, 5.74) is 7.43. The zero-order valence-corrected chi connectivity index (χ0v) is 7.95. The fourth-order valence-corrected chi connectivity index (χ4v) is 1.61. The van der Waals surface area contributed by atoms with Crippen LogP contribution < -0.4 is 11.3 Å². The number of aromatic nitrogens is 1. The maximum atomic E-state index is 11.3. The molecule has 0 aliphatic rings. The number of pyridine rings is 1. The Kier molecular flexibility index (Phi) is 2.09. The fraction of sp³-hybridized carbons (Fsp3) is 0.182. The van der Waals surface area contributed by atoms with Gasteiger partial charge in [0.25, 0.3) is 0 Å². The summed E-state index contributed by atoms with van der Waals surface area (Å²) < 4.78 is 0. The number of rotatable bonds is 1. The maximum absolute atomic E-state index is 11.3. The van der Waals surface area contributed by atoms with Crippen molar-refractivity contribution in [1.82, 2.24) is 4.98 Å². The van der Waals surface area contributed by atoms with E-state index in [2.05, 4.69) is 4.98 Å². The lowest BCUT2D eigenvalue weighted by molar-refractivity contribution is 0.823. The molecule has 1 aromatic carbocycles. The lowest BCUT2D eigenvalue weighted by atomic mass is 10.0. The Morgan fingerprint density at radius 1 is 1.36 bits per heavy atom. The van der Waals surface area contributed by atoms with Crippen LogP contribution in [0.3, 0.4) is 0 Å². The van der Waals surface area contributed by atoms with Gasteiger partial charge in [-0.2, -0.15) is 0 Å². The largest absolute Gasteiger partial charge is 0.324 e. The van der Waals surface area contributed by atoms with E-state index in [0.29, 0.717) is 0 Å². The third-order valence-corrected chi connectivity index (χ3v) is 2.27. The molecule has 3 N–H and O–H groups in total. The van der Waals surface area contributed by atoms with E-state index in [9.17, 15) is 4.79 Å². The highest BCUT2D eigenvalue weighted by atomic mass is 16.1. The number of hydrogen-bond donors (Lipinski definition) is 2. The highest BCUT2D eigenvalue weighted by Crippen LogP contribution is 2.18. The van der Waals surface area contributed by atoms with E-state index >= 15 is 0 Å². The molecule has 0 saturated carbocycles.